The molecule has 0 bridgehead atoms. The van der Waals surface area contributed by atoms with Crippen LogP contribution < -0.4 is 4.90 Å². The highest BCUT2D eigenvalue weighted by Gasteiger charge is 2.29. The number of halogens is 2. The van der Waals surface area contributed by atoms with Crippen LogP contribution in [0.1, 0.15) is 24.6 Å². The van der Waals surface area contributed by atoms with E-state index in [2.05, 4.69) is 22.0 Å². The van der Waals surface area contributed by atoms with Crippen LogP contribution in [0, 0.1) is 35.8 Å². The van der Waals surface area contributed by atoms with E-state index in [1.165, 1.54) is 17.8 Å². The molecule has 0 amide bonds. The average molecular weight is 354 g/mol. The number of hydrogen-bond donors (Lipinski definition) is 0. The largest absolute Gasteiger partial charge is 0.356 e. The third-order valence-electron chi connectivity index (χ3n) is 4.75. The molecule has 1 aliphatic heterocycles. The quantitative estimate of drug-likeness (QED) is 0.707. The highest BCUT2D eigenvalue weighted by atomic mass is 19.1. The molecular formula is C18H16F2N6. The van der Waals surface area contributed by atoms with Crippen molar-refractivity contribution < 1.29 is 8.78 Å². The van der Waals surface area contributed by atoms with Crippen molar-refractivity contribution in [1.29, 1.82) is 5.26 Å². The molecule has 3 heterocycles. The van der Waals surface area contributed by atoms with Gasteiger partial charge in [-0.1, -0.05) is 6.92 Å². The number of hydrogen-bond acceptors (Lipinski definition) is 5. The van der Waals surface area contributed by atoms with Gasteiger partial charge in [-0.3, -0.25) is 0 Å². The maximum Gasteiger partial charge on any atom is 0.255 e. The lowest BCUT2D eigenvalue weighted by atomic mass is 10.0. The lowest BCUT2D eigenvalue weighted by Gasteiger charge is -2.23. The number of nitrogens with zero attached hydrogens (tertiary/aromatic N) is 6. The van der Waals surface area contributed by atoms with E-state index in [4.69, 9.17) is 0 Å². The maximum atomic E-state index is 14.7. The lowest BCUT2D eigenvalue weighted by molar-refractivity contribution is 0.595. The van der Waals surface area contributed by atoms with E-state index >= 15 is 0 Å². The van der Waals surface area contributed by atoms with Crippen LogP contribution in [0.25, 0.3) is 16.9 Å². The van der Waals surface area contributed by atoms with Gasteiger partial charge >= 0.3 is 0 Å². The molecule has 8 heteroatoms. The molecule has 26 heavy (non-hydrogen) atoms. The molecule has 0 N–H and O–H groups in total. The normalized spacial score (nSPS) is 17.0. The summed E-state index contributed by atoms with van der Waals surface area (Å²) in [6, 6.07) is 4.26. The minimum atomic E-state index is -0.602. The Labute approximate surface area is 148 Å². The Morgan fingerprint density at radius 2 is 2.08 bits per heavy atom. The Morgan fingerprint density at radius 1 is 1.27 bits per heavy atom. The molecule has 0 radical (unpaired) electrons. The molecule has 0 spiro atoms. The average Bonchev–Trinajstić information content (AvgIpc) is 3.25. The van der Waals surface area contributed by atoms with E-state index in [9.17, 15) is 14.0 Å². The molecule has 1 fully saturated rings. The summed E-state index contributed by atoms with van der Waals surface area (Å²) < 4.78 is 30.4. The fraction of sp³-hybridized carbons (Fsp3) is 0.333. The van der Waals surface area contributed by atoms with Crippen LogP contribution in [0.3, 0.4) is 0 Å². The highest BCUT2D eigenvalue weighted by molar-refractivity contribution is 5.82. The van der Waals surface area contributed by atoms with Gasteiger partial charge in [0.05, 0.1) is 5.56 Å². The summed E-state index contributed by atoms with van der Waals surface area (Å²) in [5.41, 5.74) is 0.457. The Kier molecular flexibility index (Phi) is 3.80. The minimum Gasteiger partial charge on any atom is -0.356 e. The Balaban J connectivity index is 2.08. The van der Waals surface area contributed by atoms with Crippen LogP contribution in [-0.4, -0.2) is 32.7 Å². The standard InChI is InChI=1S/C18H16F2N6/c1-10-3-4-25(8-10)17-16(12-6-13(19)11(2)5-14(12)20)15(7-21)24-18-22-9-23-26(17)18/h5-6,9-10H,3-4,8H2,1-2H3. The third kappa shape index (κ3) is 2.47. The predicted octanol–water partition coefficient (Wildman–Crippen LogP) is 3.10. The minimum absolute atomic E-state index is 0.00204. The summed E-state index contributed by atoms with van der Waals surface area (Å²) in [6.45, 7) is 5.08. The number of benzene rings is 1. The van der Waals surface area contributed by atoms with Crippen LogP contribution >= 0.6 is 0 Å². The second kappa shape index (κ2) is 6.02. The summed E-state index contributed by atoms with van der Waals surface area (Å²) in [5, 5.41) is 13.8. The van der Waals surface area contributed by atoms with Gasteiger partial charge in [0, 0.05) is 18.7 Å². The summed E-state index contributed by atoms with van der Waals surface area (Å²) >= 11 is 0. The first-order chi connectivity index (χ1) is 12.5. The fourth-order valence-corrected chi connectivity index (χ4v) is 3.42. The maximum absolute atomic E-state index is 14.7. The zero-order valence-electron chi connectivity index (χ0n) is 14.4. The summed E-state index contributed by atoms with van der Waals surface area (Å²) in [5.74, 6) is 0.0861. The molecule has 1 aliphatic rings. The van der Waals surface area contributed by atoms with Gasteiger partial charge in [0.15, 0.2) is 5.69 Å². The van der Waals surface area contributed by atoms with Crippen molar-refractivity contribution in [1.82, 2.24) is 19.6 Å². The molecule has 1 unspecified atom stereocenters. The monoisotopic (exact) mass is 354 g/mol. The molecule has 4 rings (SSSR count). The molecule has 6 nitrogen and oxygen atoms in total. The smallest absolute Gasteiger partial charge is 0.255 e. The zero-order chi connectivity index (χ0) is 18.4. The van der Waals surface area contributed by atoms with Crippen molar-refractivity contribution in [2.24, 2.45) is 5.92 Å². The van der Waals surface area contributed by atoms with E-state index in [1.807, 2.05) is 11.0 Å². The van der Waals surface area contributed by atoms with E-state index < -0.39 is 11.6 Å². The number of nitriles is 1. The van der Waals surface area contributed by atoms with Gasteiger partial charge in [-0.15, -0.1) is 0 Å². The van der Waals surface area contributed by atoms with E-state index in [1.54, 1.807) is 0 Å². The first-order valence-electron chi connectivity index (χ1n) is 8.34. The SMILES string of the molecule is Cc1cc(F)c(-c2c(C#N)nc3ncnn3c2N2CCC(C)C2)cc1F. The van der Waals surface area contributed by atoms with Crippen LogP contribution in [0.4, 0.5) is 14.6 Å². The third-order valence-corrected chi connectivity index (χ3v) is 4.75. The Hall–Kier alpha value is -3.08. The van der Waals surface area contributed by atoms with Gasteiger partial charge in [-0.05, 0) is 37.0 Å². The van der Waals surface area contributed by atoms with Crippen molar-refractivity contribution >= 4 is 11.6 Å². The number of anilines is 1. The van der Waals surface area contributed by atoms with Crippen molar-refractivity contribution in [2.45, 2.75) is 20.3 Å². The van der Waals surface area contributed by atoms with E-state index in [0.717, 1.165) is 31.6 Å². The van der Waals surface area contributed by atoms with Crippen molar-refractivity contribution in [3.8, 4) is 17.2 Å². The molecule has 0 saturated carbocycles. The van der Waals surface area contributed by atoms with Gasteiger partial charge < -0.3 is 4.90 Å². The van der Waals surface area contributed by atoms with Crippen LogP contribution in [-0.2, 0) is 0 Å². The molecular weight excluding hydrogens is 338 g/mol. The topological polar surface area (TPSA) is 70.1 Å². The number of aryl methyl sites for hydroxylation is 1. The second-order valence-electron chi connectivity index (χ2n) is 6.66. The molecule has 2 aromatic heterocycles. The van der Waals surface area contributed by atoms with Crippen molar-refractivity contribution in [3.63, 3.8) is 0 Å². The zero-order valence-corrected chi connectivity index (χ0v) is 14.4. The van der Waals surface area contributed by atoms with E-state index in [-0.39, 0.29) is 28.2 Å². The fourth-order valence-electron chi connectivity index (χ4n) is 3.42. The van der Waals surface area contributed by atoms with Crippen LogP contribution in [0.5, 0.6) is 0 Å². The van der Waals surface area contributed by atoms with Crippen LogP contribution in [0.2, 0.25) is 0 Å². The van der Waals surface area contributed by atoms with Gasteiger partial charge in [0.1, 0.15) is 29.8 Å². The predicted molar refractivity (Wildman–Crippen MR) is 91.6 cm³/mol. The van der Waals surface area contributed by atoms with E-state index in [0.29, 0.717) is 11.7 Å². The molecule has 132 valence electrons. The summed E-state index contributed by atoms with van der Waals surface area (Å²) in [6.07, 6.45) is 2.30. The molecule has 0 aliphatic carbocycles. The highest BCUT2D eigenvalue weighted by Crippen LogP contribution is 2.37. The lowest BCUT2D eigenvalue weighted by Crippen LogP contribution is -2.24. The van der Waals surface area contributed by atoms with Gasteiger partial charge in [0.25, 0.3) is 5.78 Å². The summed E-state index contributed by atoms with van der Waals surface area (Å²) in [4.78, 5) is 10.3. The van der Waals surface area contributed by atoms with Crippen molar-refractivity contribution in [3.05, 3.63) is 41.4 Å². The number of aromatic nitrogens is 4. The van der Waals surface area contributed by atoms with Gasteiger partial charge in [0.2, 0.25) is 0 Å². The molecule has 1 saturated heterocycles. The van der Waals surface area contributed by atoms with Gasteiger partial charge in [-0.25, -0.2) is 8.78 Å². The van der Waals surface area contributed by atoms with Crippen LogP contribution in [0.15, 0.2) is 18.5 Å². The van der Waals surface area contributed by atoms with Gasteiger partial charge in [-0.2, -0.15) is 24.8 Å². The van der Waals surface area contributed by atoms with Crippen molar-refractivity contribution in [2.75, 3.05) is 18.0 Å². The number of fused-ring (bicyclic) bond motifs is 1. The molecule has 3 aromatic rings. The first kappa shape index (κ1) is 16.4. The Bertz CT molecular complexity index is 1050. The summed E-state index contributed by atoms with van der Waals surface area (Å²) in [7, 11) is 0. The molecule has 1 aromatic carbocycles. The molecule has 1 atom stereocenters. The first-order valence-corrected chi connectivity index (χ1v) is 8.34. The second-order valence-corrected chi connectivity index (χ2v) is 6.66. The number of rotatable bonds is 2. The Morgan fingerprint density at radius 3 is 2.77 bits per heavy atom.